The first-order valence-electron chi connectivity index (χ1n) is 6.93. The quantitative estimate of drug-likeness (QED) is 0.839. The summed E-state index contributed by atoms with van der Waals surface area (Å²) in [5.74, 6) is 1.11. The summed E-state index contributed by atoms with van der Waals surface area (Å²) >= 11 is 5.81. The van der Waals surface area contributed by atoms with E-state index in [1.807, 2.05) is 0 Å². The summed E-state index contributed by atoms with van der Waals surface area (Å²) in [5, 5.41) is 0.366. The highest BCUT2D eigenvalue weighted by Crippen LogP contribution is 2.28. The predicted octanol–water partition coefficient (Wildman–Crippen LogP) is 3.03. The van der Waals surface area contributed by atoms with Gasteiger partial charge in [-0.15, -0.1) is 0 Å². The molecule has 0 bridgehead atoms. The molecule has 20 heavy (non-hydrogen) atoms. The third-order valence-corrected chi connectivity index (χ3v) is 5.65. The number of sulfonamides is 1. The Morgan fingerprint density at radius 2 is 2.15 bits per heavy atom. The van der Waals surface area contributed by atoms with Crippen LogP contribution in [0.5, 0.6) is 0 Å². The SMILES string of the molecule is CC1CCCC(CNS(=O)(=O)c2ccc(Cl)c(N)c2)C1. The van der Waals surface area contributed by atoms with Crippen molar-refractivity contribution in [1.82, 2.24) is 4.72 Å². The van der Waals surface area contributed by atoms with E-state index in [2.05, 4.69) is 11.6 Å². The van der Waals surface area contributed by atoms with Gasteiger partial charge in [-0.05, 0) is 42.9 Å². The zero-order valence-electron chi connectivity index (χ0n) is 11.6. The van der Waals surface area contributed by atoms with Gasteiger partial charge in [-0.1, -0.05) is 31.4 Å². The molecule has 0 aromatic heterocycles. The summed E-state index contributed by atoms with van der Waals surface area (Å²) in [4.78, 5) is 0.170. The van der Waals surface area contributed by atoms with Gasteiger partial charge in [0.1, 0.15) is 0 Å². The standard InChI is InChI=1S/C14H21ClN2O2S/c1-10-3-2-4-11(7-10)9-17-20(18,19)12-5-6-13(15)14(16)8-12/h5-6,8,10-11,17H,2-4,7,9,16H2,1H3. The van der Waals surface area contributed by atoms with Crippen molar-refractivity contribution in [2.24, 2.45) is 11.8 Å². The molecule has 0 aliphatic heterocycles. The highest BCUT2D eigenvalue weighted by atomic mass is 35.5. The first-order chi connectivity index (χ1) is 9.38. The number of anilines is 1. The van der Waals surface area contributed by atoms with E-state index in [1.165, 1.54) is 31.0 Å². The molecule has 1 aromatic carbocycles. The summed E-state index contributed by atoms with van der Waals surface area (Å²) in [5.41, 5.74) is 5.93. The zero-order chi connectivity index (χ0) is 14.8. The minimum absolute atomic E-state index is 0.170. The Morgan fingerprint density at radius 3 is 2.80 bits per heavy atom. The second kappa shape index (κ2) is 6.33. The third kappa shape index (κ3) is 3.87. The minimum atomic E-state index is -3.51. The summed E-state index contributed by atoms with van der Waals surface area (Å²) in [6.07, 6.45) is 4.61. The smallest absolute Gasteiger partial charge is 0.240 e. The van der Waals surface area contributed by atoms with Crippen LogP contribution in [0.4, 0.5) is 5.69 Å². The summed E-state index contributed by atoms with van der Waals surface area (Å²) in [6.45, 7) is 2.72. The van der Waals surface area contributed by atoms with Gasteiger partial charge in [-0.2, -0.15) is 0 Å². The molecule has 4 nitrogen and oxygen atoms in total. The Morgan fingerprint density at radius 1 is 1.40 bits per heavy atom. The monoisotopic (exact) mass is 316 g/mol. The third-order valence-electron chi connectivity index (χ3n) is 3.88. The highest BCUT2D eigenvalue weighted by Gasteiger charge is 2.22. The maximum absolute atomic E-state index is 12.2. The molecule has 0 amide bonds. The largest absolute Gasteiger partial charge is 0.397 e. The van der Waals surface area contributed by atoms with Crippen molar-refractivity contribution in [2.75, 3.05) is 12.3 Å². The van der Waals surface area contributed by atoms with E-state index in [0.29, 0.717) is 23.4 Å². The minimum Gasteiger partial charge on any atom is -0.397 e. The number of rotatable bonds is 4. The van der Waals surface area contributed by atoms with Crippen molar-refractivity contribution in [3.63, 3.8) is 0 Å². The van der Waals surface area contributed by atoms with Crippen LogP contribution in [0.15, 0.2) is 23.1 Å². The molecule has 0 saturated heterocycles. The molecule has 1 fully saturated rings. The lowest BCUT2D eigenvalue weighted by Crippen LogP contribution is -2.31. The molecule has 1 aromatic rings. The van der Waals surface area contributed by atoms with Crippen LogP contribution in [0.1, 0.15) is 32.6 Å². The fraction of sp³-hybridized carbons (Fsp3) is 0.571. The van der Waals surface area contributed by atoms with Crippen molar-refractivity contribution in [3.8, 4) is 0 Å². The second-order valence-electron chi connectivity index (χ2n) is 5.67. The van der Waals surface area contributed by atoms with E-state index >= 15 is 0 Å². The van der Waals surface area contributed by atoms with E-state index in [9.17, 15) is 8.42 Å². The van der Waals surface area contributed by atoms with Crippen LogP contribution < -0.4 is 10.5 Å². The van der Waals surface area contributed by atoms with E-state index in [-0.39, 0.29) is 10.6 Å². The molecule has 6 heteroatoms. The van der Waals surface area contributed by atoms with Gasteiger partial charge in [0.2, 0.25) is 10.0 Å². The van der Waals surface area contributed by atoms with Crippen LogP contribution in [-0.2, 0) is 10.0 Å². The topological polar surface area (TPSA) is 72.2 Å². The van der Waals surface area contributed by atoms with Crippen LogP contribution in [-0.4, -0.2) is 15.0 Å². The average molecular weight is 317 g/mol. The van der Waals surface area contributed by atoms with Gasteiger partial charge in [0.05, 0.1) is 15.6 Å². The Labute approximate surface area is 125 Å². The summed E-state index contributed by atoms with van der Waals surface area (Å²) in [7, 11) is -3.51. The first-order valence-corrected chi connectivity index (χ1v) is 8.79. The van der Waals surface area contributed by atoms with Gasteiger partial charge in [0, 0.05) is 6.54 Å². The second-order valence-corrected chi connectivity index (χ2v) is 7.85. The van der Waals surface area contributed by atoms with Crippen molar-refractivity contribution in [1.29, 1.82) is 0 Å². The number of hydrogen-bond donors (Lipinski definition) is 2. The lowest BCUT2D eigenvalue weighted by atomic mass is 9.83. The number of nitrogen functional groups attached to an aromatic ring is 1. The molecule has 3 N–H and O–H groups in total. The maximum Gasteiger partial charge on any atom is 0.240 e. The Hall–Kier alpha value is -0.780. The van der Waals surface area contributed by atoms with Gasteiger partial charge in [-0.3, -0.25) is 0 Å². The zero-order valence-corrected chi connectivity index (χ0v) is 13.2. The van der Waals surface area contributed by atoms with E-state index in [4.69, 9.17) is 17.3 Å². The fourth-order valence-electron chi connectivity index (χ4n) is 2.75. The Balaban J connectivity index is 2.01. The molecule has 1 aliphatic carbocycles. The molecule has 1 saturated carbocycles. The molecule has 2 unspecified atom stereocenters. The van der Waals surface area contributed by atoms with Gasteiger partial charge in [0.25, 0.3) is 0 Å². The number of benzene rings is 1. The van der Waals surface area contributed by atoms with E-state index < -0.39 is 10.0 Å². The fourth-order valence-corrected chi connectivity index (χ4v) is 4.01. The van der Waals surface area contributed by atoms with Crippen LogP contribution >= 0.6 is 11.6 Å². The molecule has 0 radical (unpaired) electrons. The van der Waals surface area contributed by atoms with Gasteiger partial charge >= 0.3 is 0 Å². The summed E-state index contributed by atoms with van der Waals surface area (Å²) in [6, 6.07) is 4.38. The average Bonchev–Trinajstić information content (AvgIpc) is 2.40. The van der Waals surface area contributed by atoms with Crippen LogP contribution in [0.2, 0.25) is 5.02 Å². The Kier molecular flexibility index (Phi) is 4.94. The lowest BCUT2D eigenvalue weighted by molar-refractivity contribution is 0.283. The number of nitrogens with one attached hydrogen (secondary N) is 1. The van der Waals surface area contributed by atoms with Crippen molar-refractivity contribution in [2.45, 2.75) is 37.5 Å². The van der Waals surface area contributed by atoms with Crippen LogP contribution in [0.3, 0.4) is 0 Å². The van der Waals surface area contributed by atoms with E-state index in [1.54, 1.807) is 0 Å². The van der Waals surface area contributed by atoms with E-state index in [0.717, 1.165) is 12.8 Å². The number of halogens is 1. The number of nitrogens with two attached hydrogens (primary N) is 1. The molecule has 2 rings (SSSR count). The summed E-state index contributed by atoms with van der Waals surface area (Å²) < 4.78 is 27.1. The van der Waals surface area contributed by atoms with Crippen molar-refractivity contribution in [3.05, 3.63) is 23.2 Å². The molecule has 2 atom stereocenters. The van der Waals surface area contributed by atoms with Crippen molar-refractivity contribution >= 4 is 27.3 Å². The van der Waals surface area contributed by atoms with Crippen LogP contribution in [0.25, 0.3) is 0 Å². The van der Waals surface area contributed by atoms with Gasteiger partial charge < -0.3 is 5.73 Å². The number of hydrogen-bond acceptors (Lipinski definition) is 3. The van der Waals surface area contributed by atoms with Gasteiger partial charge in [-0.25, -0.2) is 13.1 Å². The first kappa shape index (κ1) is 15.6. The highest BCUT2D eigenvalue weighted by molar-refractivity contribution is 7.89. The molecule has 112 valence electrons. The van der Waals surface area contributed by atoms with Crippen molar-refractivity contribution < 1.29 is 8.42 Å². The normalized spacial score (nSPS) is 23.7. The van der Waals surface area contributed by atoms with Crippen LogP contribution in [0, 0.1) is 11.8 Å². The molecular weight excluding hydrogens is 296 g/mol. The Bertz CT molecular complexity index is 575. The predicted molar refractivity (Wildman–Crippen MR) is 82.2 cm³/mol. The maximum atomic E-state index is 12.2. The molecule has 0 heterocycles. The lowest BCUT2D eigenvalue weighted by Gasteiger charge is -2.26. The molecular formula is C14H21ClN2O2S. The molecule has 1 aliphatic rings. The van der Waals surface area contributed by atoms with Gasteiger partial charge in [0.15, 0.2) is 0 Å². The molecule has 0 spiro atoms.